The van der Waals surface area contributed by atoms with Gasteiger partial charge >= 0.3 is 0 Å². The SMILES string of the molecule is Cc1csc(CNC(=O)Cn2nc(C)c3ccccc3c2=O)n1. The van der Waals surface area contributed by atoms with Gasteiger partial charge in [-0.25, -0.2) is 9.67 Å². The molecule has 1 amide bonds. The Balaban J connectivity index is 1.77. The van der Waals surface area contributed by atoms with Crippen molar-refractivity contribution in [1.29, 1.82) is 0 Å². The van der Waals surface area contributed by atoms with E-state index in [0.29, 0.717) is 11.9 Å². The molecule has 3 rings (SSSR count). The third-order valence-corrected chi connectivity index (χ3v) is 4.42. The second-order valence-corrected chi connectivity index (χ2v) is 6.20. The number of fused-ring (bicyclic) bond motifs is 1. The predicted octanol–water partition coefficient (Wildman–Crippen LogP) is 1.79. The Bertz CT molecular complexity index is 929. The summed E-state index contributed by atoms with van der Waals surface area (Å²) in [6.45, 7) is 3.99. The van der Waals surface area contributed by atoms with Crippen molar-refractivity contribution in [2.24, 2.45) is 0 Å². The molecule has 1 aromatic carbocycles. The first kappa shape index (κ1) is 15.4. The van der Waals surface area contributed by atoms with E-state index >= 15 is 0 Å². The van der Waals surface area contributed by atoms with Crippen LogP contribution in [0.1, 0.15) is 16.4 Å². The standard InChI is InChI=1S/C16H16N4O2S/c1-10-9-23-15(18-10)7-17-14(21)8-20-16(22)13-6-4-3-5-12(13)11(2)19-20/h3-6,9H,7-8H2,1-2H3,(H,17,21). The summed E-state index contributed by atoms with van der Waals surface area (Å²) >= 11 is 1.50. The molecule has 0 radical (unpaired) electrons. The molecule has 0 aliphatic carbocycles. The van der Waals surface area contributed by atoms with E-state index < -0.39 is 0 Å². The second-order valence-electron chi connectivity index (χ2n) is 5.25. The fourth-order valence-electron chi connectivity index (χ4n) is 2.36. The minimum atomic E-state index is -0.262. The Morgan fingerprint density at radius 2 is 2.00 bits per heavy atom. The third-order valence-electron chi connectivity index (χ3n) is 3.45. The number of hydrogen-bond donors (Lipinski definition) is 1. The maximum atomic E-state index is 12.4. The van der Waals surface area contributed by atoms with Crippen LogP contribution >= 0.6 is 11.3 Å². The van der Waals surface area contributed by atoms with Gasteiger partial charge in [-0.1, -0.05) is 18.2 Å². The molecule has 0 fully saturated rings. The fraction of sp³-hybridized carbons (Fsp3) is 0.250. The molecule has 0 saturated carbocycles. The predicted molar refractivity (Wildman–Crippen MR) is 89.4 cm³/mol. The van der Waals surface area contributed by atoms with Crippen molar-refractivity contribution in [3.05, 3.63) is 56.4 Å². The van der Waals surface area contributed by atoms with E-state index in [1.165, 1.54) is 16.0 Å². The van der Waals surface area contributed by atoms with Gasteiger partial charge in [-0.05, 0) is 19.9 Å². The summed E-state index contributed by atoms with van der Waals surface area (Å²) < 4.78 is 1.21. The monoisotopic (exact) mass is 328 g/mol. The summed E-state index contributed by atoms with van der Waals surface area (Å²) in [6, 6.07) is 7.27. The molecule has 0 spiro atoms. The zero-order chi connectivity index (χ0) is 16.4. The van der Waals surface area contributed by atoms with E-state index in [1.54, 1.807) is 12.1 Å². The fourth-order valence-corrected chi connectivity index (χ4v) is 3.07. The summed E-state index contributed by atoms with van der Waals surface area (Å²) in [6.07, 6.45) is 0. The van der Waals surface area contributed by atoms with E-state index in [9.17, 15) is 9.59 Å². The summed E-state index contributed by atoms with van der Waals surface area (Å²) in [5, 5.41) is 11.1. The largest absolute Gasteiger partial charge is 0.348 e. The van der Waals surface area contributed by atoms with Crippen LogP contribution in [0.5, 0.6) is 0 Å². The summed E-state index contributed by atoms with van der Waals surface area (Å²) in [5.74, 6) is -0.262. The topological polar surface area (TPSA) is 76.9 Å². The number of benzene rings is 1. The van der Waals surface area contributed by atoms with Gasteiger partial charge in [-0.2, -0.15) is 5.10 Å². The molecule has 3 aromatic rings. The average molecular weight is 328 g/mol. The van der Waals surface area contributed by atoms with Crippen molar-refractivity contribution >= 4 is 28.0 Å². The number of nitrogens with zero attached hydrogens (tertiary/aromatic N) is 3. The van der Waals surface area contributed by atoms with Gasteiger partial charge in [0.25, 0.3) is 5.56 Å². The molecule has 6 nitrogen and oxygen atoms in total. The second kappa shape index (κ2) is 6.29. The highest BCUT2D eigenvalue weighted by atomic mass is 32.1. The zero-order valence-corrected chi connectivity index (χ0v) is 13.7. The summed E-state index contributed by atoms with van der Waals surface area (Å²) in [5.41, 5.74) is 1.40. The number of carbonyl (C=O) groups is 1. The van der Waals surface area contributed by atoms with E-state index in [4.69, 9.17) is 0 Å². The summed E-state index contributed by atoms with van der Waals surface area (Å²) in [7, 11) is 0. The lowest BCUT2D eigenvalue weighted by Gasteiger charge is -2.08. The van der Waals surface area contributed by atoms with Crippen LogP contribution in [0, 0.1) is 13.8 Å². The normalized spacial score (nSPS) is 10.9. The van der Waals surface area contributed by atoms with Gasteiger partial charge < -0.3 is 5.32 Å². The van der Waals surface area contributed by atoms with Crippen molar-refractivity contribution in [2.75, 3.05) is 0 Å². The highest BCUT2D eigenvalue weighted by molar-refractivity contribution is 7.09. The average Bonchev–Trinajstić information content (AvgIpc) is 2.96. The van der Waals surface area contributed by atoms with Gasteiger partial charge in [0.15, 0.2) is 0 Å². The highest BCUT2D eigenvalue weighted by Gasteiger charge is 2.11. The first-order chi connectivity index (χ1) is 11.0. The smallest absolute Gasteiger partial charge is 0.275 e. The Morgan fingerprint density at radius 3 is 2.70 bits per heavy atom. The molecular weight excluding hydrogens is 312 g/mol. The van der Waals surface area contributed by atoms with Crippen LogP contribution in [0.15, 0.2) is 34.4 Å². The maximum absolute atomic E-state index is 12.4. The van der Waals surface area contributed by atoms with Crippen molar-refractivity contribution in [2.45, 2.75) is 26.9 Å². The van der Waals surface area contributed by atoms with E-state index in [0.717, 1.165) is 21.8 Å². The number of carbonyl (C=O) groups excluding carboxylic acids is 1. The molecular formula is C16H16N4O2S. The number of amides is 1. The lowest BCUT2D eigenvalue weighted by atomic mass is 10.1. The van der Waals surface area contributed by atoms with Crippen molar-refractivity contribution in [3.63, 3.8) is 0 Å². The molecule has 0 bridgehead atoms. The van der Waals surface area contributed by atoms with Crippen LogP contribution in [0.25, 0.3) is 10.8 Å². The third kappa shape index (κ3) is 3.29. The lowest BCUT2D eigenvalue weighted by molar-refractivity contribution is -0.122. The van der Waals surface area contributed by atoms with E-state index in [1.807, 2.05) is 31.4 Å². The van der Waals surface area contributed by atoms with Crippen molar-refractivity contribution in [3.8, 4) is 0 Å². The maximum Gasteiger partial charge on any atom is 0.275 e. The Labute approximate surface area is 136 Å². The number of nitrogens with one attached hydrogen (secondary N) is 1. The molecule has 0 unspecified atom stereocenters. The first-order valence-corrected chi connectivity index (χ1v) is 8.07. The van der Waals surface area contributed by atoms with E-state index in [-0.39, 0.29) is 18.0 Å². The Morgan fingerprint density at radius 1 is 1.26 bits per heavy atom. The molecule has 0 saturated heterocycles. The van der Waals surface area contributed by atoms with Crippen LogP contribution in [0.3, 0.4) is 0 Å². The van der Waals surface area contributed by atoms with Crippen LogP contribution in [0.4, 0.5) is 0 Å². The minimum Gasteiger partial charge on any atom is -0.348 e. The molecule has 0 aliphatic rings. The van der Waals surface area contributed by atoms with Gasteiger partial charge in [0, 0.05) is 16.5 Å². The molecule has 2 aromatic heterocycles. The Kier molecular flexibility index (Phi) is 4.20. The molecule has 7 heteroatoms. The van der Waals surface area contributed by atoms with Gasteiger partial charge in [-0.15, -0.1) is 11.3 Å². The quantitative estimate of drug-likeness (QED) is 0.792. The molecule has 23 heavy (non-hydrogen) atoms. The van der Waals surface area contributed by atoms with Crippen LogP contribution in [-0.2, 0) is 17.9 Å². The van der Waals surface area contributed by atoms with Crippen LogP contribution < -0.4 is 10.9 Å². The van der Waals surface area contributed by atoms with Crippen LogP contribution in [-0.4, -0.2) is 20.7 Å². The van der Waals surface area contributed by atoms with Gasteiger partial charge in [0.2, 0.25) is 5.91 Å². The first-order valence-electron chi connectivity index (χ1n) is 7.19. The van der Waals surface area contributed by atoms with Gasteiger partial charge in [0.1, 0.15) is 11.6 Å². The van der Waals surface area contributed by atoms with Crippen LogP contribution in [0.2, 0.25) is 0 Å². The molecule has 2 heterocycles. The number of aromatic nitrogens is 3. The number of hydrogen-bond acceptors (Lipinski definition) is 5. The van der Waals surface area contributed by atoms with Crippen molar-refractivity contribution < 1.29 is 4.79 Å². The lowest BCUT2D eigenvalue weighted by Crippen LogP contribution is -2.33. The molecule has 1 N–H and O–H groups in total. The Hall–Kier alpha value is -2.54. The van der Waals surface area contributed by atoms with Gasteiger partial charge in [-0.3, -0.25) is 9.59 Å². The minimum absolute atomic E-state index is 0.102. The molecule has 0 aliphatic heterocycles. The van der Waals surface area contributed by atoms with E-state index in [2.05, 4.69) is 15.4 Å². The number of rotatable bonds is 4. The molecule has 118 valence electrons. The zero-order valence-electron chi connectivity index (χ0n) is 12.9. The molecule has 0 atom stereocenters. The van der Waals surface area contributed by atoms with Crippen molar-refractivity contribution in [1.82, 2.24) is 20.1 Å². The van der Waals surface area contributed by atoms with Gasteiger partial charge in [0.05, 0.1) is 17.6 Å². The highest BCUT2D eigenvalue weighted by Crippen LogP contribution is 2.11. The summed E-state index contributed by atoms with van der Waals surface area (Å²) in [4.78, 5) is 28.7. The number of thiazole rings is 1. The number of aryl methyl sites for hydroxylation is 2.